The second kappa shape index (κ2) is 6.85. The van der Waals surface area contributed by atoms with Crippen LogP contribution < -0.4 is 4.74 Å². The lowest BCUT2D eigenvalue weighted by Crippen LogP contribution is -2.29. The number of aromatic nitrogens is 2. The van der Waals surface area contributed by atoms with Crippen molar-refractivity contribution in [1.82, 2.24) is 13.9 Å². The fraction of sp³-hybridized carbons (Fsp3) is 0.278. The summed E-state index contributed by atoms with van der Waals surface area (Å²) in [5.74, 6) is 1.62. The molecular formula is C18H21N3O3S. The molecule has 0 aliphatic rings. The van der Waals surface area contributed by atoms with Gasteiger partial charge in [0.05, 0.1) is 13.4 Å². The van der Waals surface area contributed by atoms with Crippen LogP contribution in [0.5, 0.6) is 5.75 Å². The molecular weight excluding hydrogens is 338 g/mol. The third kappa shape index (κ3) is 3.52. The number of hydrogen-bond donors (Lipinski definition) is 0. The highest BCUT2D eigenvalue weighted by Gasteiger charge is 2.14. The van der Waals surface area contributed by atoms with Crippen molar-refractivity contribution in [3.05, 3.63) is 48.8 Å². The maximum atomic E-state index is 11.6. The van der Waals surface area contributed by atoms with E-state index >= 15 is 0 Å². The fourth-order valence-corrected chi connectivity index (χ4v) is 3.21. The molecule has 25 heavy (non-hydrogen) atoms. The van der Waals surface area contributed by atoms with Gasteiger partial charge in [-0.15, -0.1) is 0 Å². The van der Waals surface area contributed by atoms with Crippen molar-refractivity contribution in [2.24, 2.45) is 0 Å². The largest absolute Gasteiger partial charge is 0.496 e. The monoisotopic (exact) mass is 359 g/mol. The zero-order valence-corrected chi connectivity index (χ0v) is 15.3. The van der Waals surface area contributed by atoms with Crippen molar-refractivity contribution >= 4 is 20.8 Å². The van der Waals surface area contributed by atoms with Gasteiger partial charge < -0.3 is 9.30 Å². The smallest absolute Gasteiger partial charge is 0.211 e. The average molecular weight is 359 g/mol. The van der Waals surface area contributed by atoms with Gasteiger partial charge in [0.2, 0.25) is 10.0 Å². The van der Waals surface area contributed by atoms with E-state index in [1.54, 1.807) is 20.4 Å². The number of hydrogen-bond acceptors (Lipinski definition) is 4. The summed E-state index contributed by atoms with van der Waals surface area (Å²) in [6, 6.07) is 11.9. The van der Waals surface area contributed by atoms with E-state index in [2.05, 4.69) is 4.98 Å². The van der Waals surface area contributed by atoms with Gasteiger partial charge in [-0.1, -0.05) is 24.3 Å². The van der Waals surface area contributed by atoms with E-state index < -0.39 is 10.0 Å². The third-order valence-corrected chi connectivity index (χ3v) is 5.60. The molecule has 0 aliphatic carbocycles. The van der Waals surface area contributed by atoms with Gasteiger partial charge in [-0.3, -0.25) is 0 Å². The topological polar surface area (TPSA) is 64.4 Å². The standard InChI is InChI=1S/C18H21N3O3S/c1-20(25(3,22)23)12-13-21-11-10-19-18(21)16-8-9-17(24-2)15-7-5-4-6-14(15)16/h4-11H,12-13H2,1-3H3. The Morgan fingerprint density at radius 2 is 1.88 bits per heavy atom. The molecule has 3 aromatic rings. The van der Waals surface area contributed by atoms with Crippen molar-refractivity contribution in [2.75, 3.05) is 27.0 Å². The summed E-state index contributed by atoms with van der Waals surface area (Å²) in [5.41, 5.74) is 0.989. The summed E-state index contributed by atoms with van der Waals surface area (Å²) < 4.78 is 31.9. The molecule has 0 N–H and O–H groups in total. The zero-order valence-electron chi connectivity index (χ0n) is 14.5. The third-order valence-electron chi connectivity index (χ3n) is 4.28. The SMILES string of the molecule is COc1ccc(-c2nccn2CCN(C)S(C)(=O)=O)c2ccccc12. The molecule has 0 atom stereocenters. The van der Waals surface area contributed by atoms with Crippen LogP contribution in [0.4, 0.5) is 0 Å². The number of nitrogens with zero attached hydrogens (tertiary/aromatic N) is 3. The normalized spacial score (nSPS) is 12.0. The molecule has 3 rings (SSSR count). The molecule has 0 bridgehead atoms. The van der Waals surface area contributed by atoms with Crippen LogP contribution in [0.1, 0.15) is 0 Å². The minimum atomic E-state index is -3.19. The number of rotatable bonds is 6. The number of imidazole rings is 1. The Balaban J connectivity index is 1.99. The van der Waals surface area contributed by atoms with Gasteiger partial charge in [0.15, 0.2) is 0 Å². The van der Waals surface area contributed by atoms with E-state index in [1.807, 2.05) is 47.2 Å². The molecule has 0 aliphatic heterocycles. The minimum absolute atomic E-state index is 0.385. The van der Waals surface area contributed by atoms with Crippen molar-refractivity contribution in [1.29, 1.82) is 0 Å². The number of likely N-dealkylation sites (N-methyl/N-ethyl adjacent to an activating group) is 1. The Kier molecular flexibility index (Phi) is 4.78. The Morgan fingerprint density at radius 3 is 2.56 bits per heavy atom. The van der Waals surface area contributed by atoms with Gasteiger partial charge in [-0.2, -0.15) is 0 Å². The zero-order chi connectivity index (χ0) is 18.0. The molecule has 0 amide bonds. The summed E-state index contributed by atoms with van der Waals surface area (Å²) in [6.45, 7) is 0.912. The first-order chi connectivity index (χ1) is 11.9. The molecule has 1 heterocycles. The van der Waals surface area contributed by atoms with E-state index in [9.17, 15) is 8.42 Å². The molecule has 2 aromatic carbocycles. The first kappa shape index (κ1) is 17.4. The number of fused-ring (bicyclic) bond motifs is 1. The Morgan fingerprint density at radius 1 is 1.16 bits per heavy atom. The Hall–Kier alpha value is -2.38. The first-order valence-electron chi connectivity index (χ1n) is 7.90. The molecule has 6 nitrogen and oxygen atoms in total. The quantitative estimate of drug-likeness (QED) is 0.679. The van der Waals surface area contributed by atoms with Crippen LogP contribution in [-0.4, -0.2) is 49.2 Å². The highest BCUT2D eigenvalue weighted by molar-refractivity contribution is 7.88. The lowest BCUT2D eigenvalue weighted by molar-refractivity contribution is 0.420. The van der Waals surface area contributed by atoms with Crippen LogP contribution in [0.3, 0.4) is 0 Å². The van der Waals surface area contributed by atoms with E-state index in [-0.39, 0.29) is 0 Å². The minimum Gasteiger partial charge on any atom is -0.496 e. The number of benzene rings is 2. The maximum absolute atomic E-state index is 11.6. The molecule has 0 saturated heterocycles. The van der Waals surface area contributed by atoms with Crippen LogP contribution in [0, 0.1) is 0 Å². The maximum Gasteiger partial charge on any atom is 0.211 e. The predicted octanol–water partition coefficient (Wildman–Crippen LogP) is 2.60. The summed E-state index contributed by atoms with van der Waals surface area (Å²) >= 11 is 0. The molecule has 7 heteroatoms. The molecule has 1 aromatic heterocycles. The predicted molar refractivity (Wildman–Crippen MR) is 99.2 cm³/mol. The Labute approximate surface area is 147 Å². The average Bonchev–Trinajstić information content (AvgIpc) is 3.06. The van der Waals surface area contributed by atoms with Gasteiger partial charge in [-0.05, 0) is 17.5 Å². The van der Waals surface area contributed by atoms with Crippen LogP contribution in [0.15, 0.2) is 48.8 Å². The van der Waals surface area contributed by atoms with E-state index in [4.69, 9.17) is 4.74 Å². The van der Waals surface area contributed by atoms with Crippen molar-refractivity contribution < 1.29 is 13.2 Å². The molecule has 0 radical (unpaired) electrons. The summed E-state index contributed by atoms with van der Waals surface area (Å²) in [7, 11) is 0.0401. The van der Waals surface area contributed by atoms with Crippen LogP contribution >= 0.6 is 0 Å². The number of ether oxygens (including phenoxy) is 1. The molecule has 0 saturated carbocycles. The molecule has 0 fully saturated rings. The summed E-state index contributed by atoms with van der Waals surface area (Å²) in [5, 5.41) is 2.07. The van der Waals surface area contributed by atoms with Crippen LogP contribution in [0.25, 0.3) is 22.2 Å². The van der Waals surface area contributed by atoms with E-state index in [0.29, 0.717) is 13.1 Å². The lowest BCUT2D eigenvalue weighted by Gasteiger charge is -2.16. The molecule has 0 spiro atoms. The van der Waals surface area contributed by atoms with E-state index in [0.717, 1.165) is 27.9 Å². The lowest BCUT2D eigenvalue weighted by atomic mass is 10.0. The van der Waals surface area contributed by atoms with Gasteiger partial charge >= 0.3 is 0 Å². The highest BCUT2D eigenvalue weighted by Crippen LogP contribution is 2.33. The second-order valence-corrected chi connectivity index (χ2v) is 7.98. The van der Waals surface area contributed by atoms with Gasteiger partial charge in [-0.25, -0.2) is 17.7 Å². The molecule has 132 valence electrons. The summed E-state index contributed by atoms with van der Waals surface area (Å²) in [6.07, 6.45) is 4.80. The number of sulfonamides is 1. The van der Waals surface area contributed by atoms with Gasteiger partial charge in [0, 0.05) is 43.5 Å². The van der Waals surface area contributed by atoms with Crippen LogP contribution in [-0.2, 0) is 16.6 Å². The van der Waals surface area contributed by atoms with Crippen molar-refractivity contribution in [3.63, 3.8) is 0 Å². The van der Waals surface area contributed by atoms with Crippen molar-refractivity contribution in [3.8, 4) is 17.1 Å². The van der Waals surface area contributed by atoms with Gasteiger partial charge in [0.25, 0.3) is 0 Å². The van der Waals surface area contributed by atoms with Crippen molar-refractivity contribution in [2.45, 2.75) is 6.54 Å². The van der Waals surface area contributed by atoms with E-state index in [1.165, 1.54) is 10.6 Å². The molecule has 0 unspecified atom stereocenters. The number of methoxy groups -OCH3 is 1. The first-order valence-corrected chi connectivity index (χ1v) is 9.75. The second-order valence-electron chi connectivity index (χ2n) is 5.89. The fourth-order valence-electron chi connectivity index (χ4n) is 2.79. The van der Waals surface area contributed by atoms with Gasteiger partial charge in [0.1, 0.15) is 11.6 Å². The summed E-state index contributed by atoms with van der Waals surface area (Å²) in [4.78, 5) is 4.49. The van der Waals surface area contributed by atoms with Crippen LogP contribution in [0.2, 0.25) is 0 Å². The highest BCUT2D eigenvalue weighted by atomic mass is 32.2. The Bertz CT molecular complexity index is 996.